The van der Waals surface area contributed by atoms with Crippen molar-refractivity contribution in [1.82, 2.24) is 9.80 Å². The number of rotatable bonds is 4. The molecule has 162 valence electrons. The van der Waals surface area contributed by atoms with Crippen molar-refractivity contribution in [3.63, 3.8) is 0 Å². The highest BCUT2D eigenvalue weighted by molar-refractivity contribution is 6.00. The minimum atomic E-state index is -0.458. The summed E-state index contributed by atoms with van der Waals surface area (Å²) in [5.41, 5.74) is 0.236. The van der Waals surface area contributed by atoms with Gasteiger partial charge in [-0.1, -0.05) is 12.1 Å². The minimum absolute atomic E-state index is 0.0394. The van der Waals surface area contributed by atoms with E-state index in [1.54, 1.807) is 0 Å². The molecule has 0 aromatic heterocycles. The molecule has 5 heteroatoms. The van der Waals surface area contributed by atoms with E-state index in [2.05, 4.69) is 18.7 Å². The van der Waals surface area contributed by atoms with E-state index in [-0.39, 0.29) is 23.5 Å². The van der Waals surface area contributed by atoms with E-state index in [1.807, 2.05) is 36.2 Å². The number of carbonyl (C=O) groups excluding carboxylic acids is 2. The maximum absolute atomic E-state index is 13.3. The van der Waals surface area contributed by atoms with Crippen LogP contribution < -0.4 is 4.74 Å². The fourth-order valence-electron chi connectivity index (χ4n) is 6.48. The number of Topliss-reactive ketones (excluding diaryl/α,β-unsaturated/α-hetero) is 1. The molecule has 0 radical (unpaired) electrons. The number of fused-ring (bicyclic) bond motifs is 3. The molecule has 3 fully saturated rings. The monoisotopic (exact) mass is 410 g/mol. The highest BCUT2D eigenvalue weighted by Crippen LogP contribution is 2.66. The van der Waals surface area contributed by atoms with Crippen molar-refractivity contribution in [2.45, 2.75) is 57.6 Å². The summed E-state index contributed by atoms with van der Waals surface area (Å²) in [7, 11) is 1.97. The third kappa shape index (κ3) is 3.26. The van der Waals surface area contributed by atoms with Gasteiger partial charge in [0.2, 0.25) is 5.91 Å². The fourth-order valence-corrected chi connectivity index (χ4v) is 6.48. The second-order valence-electron chi connectivity index (χ2n) is 10.3. The molecule has 0 N–H and O–H groups in total. The zero-order valence-electron chi connectivity index (χ0n) is 18.5. The van der Waals surface area contributed by atoms with Gasteiger partial charge in [0.1, 0.15) is 11.4 Å². The number of amides is 1. The highest BCUT2D eigenvalue weighted by Gasteiger charge is 2.70. The second kappa shape index (κ2) is 7.37. The van der Waals surface area contributed by atoms with Gasteiger partial charge >= 0.3 is 0 Å². The van der Waals surface area contributed by atoms with Gasteiger partial charge in [0, 0.05) is 31.5 Å². The third-order valence-electron chi connectivity index (χ3n) is 8.21. The molecule has 0 bridgehead atoms. The molecule has 1 spiro atoms. The molecule has 4 aliphatic rings. The third-order valence-corrected chi connectivity index (χ3v) is 8.21. The predicted octanol–water partition coefficient (Wildman–Crippen LogP) is 3.63. The Kier molecular flexibility index (Phi) is 4.92. The Labute approximate surface area is 179 Å². The Morgan fingerprint density at radius 2 is 1.97 bits per heavy atom. The first kappa shape index (κ1) is 20.0. The fraction of sp³-hybridized carbons (Fsp3) is 0.680. The van der Waals surface area contributed by atoms with Crippen LogP contribution in [0.2, 0.25) is 0 Å². The molecule has 5 nitrogen and oxygen atoms in total. The van der Waals surface area contributed by atoms with Crippen LogP contribution in [0.5, 0.6) is 5.75 Å². The first-order valence-corrected chi connectivity index (χ1v) is 11.7. The van der Waals surface area contributed by atoms with Crippen LogP contribution in [0, 0.1) is 23.7 Å². The first-order valence-electron chi connectivity index (χ1n) is 11.7. The first-order chi connectivity index (χ1) is 14.4. The number of para-hydroxylation sites is 1. The number of ketones is 1. The van der Waals surface area contributed by atoms with E-state index in [1.165, 1.54) is 12.8 Å². The summed E-state index contributed by atoms with van der Waals surface area (Å²) < 4.78 is 6.45. The van der Waals surface area contributed by atoms with Crippen LogP contribution in [-0.4, -0.2) is 59.8 Å². The van der Waals surface area contributed by atoms with Crippen LogP contribution in [0.15, 0.2) is 24.3 Å². The number of likely N-dealkylation sites (tertiary alicyclic amines) is 1. The van der Waals surface area contributed by atoms with E-state index in [0.717, 1.165) is 32.5 Å². The van der Waals surface area contributed by atoms with Crippen LogP contribution in [-0.2, 0) is 4.79 Å². The zero-order chi connectivity index (χ0) is 21.0. The molecule has 1 amide bonds. The van der Waals surface area contributed by atoms with Crippen molar-refractivity contribution in [2.24, 2.45) is 23.7 Å². The average molecular weight is 411 g/mol. The van der Waals surface area contributed by atoms with Crippen LogP contribution >= 0.6 is 0 Å². The van der Waals surface area contributed by atoms with Gasteiger partial charge in [0.05, 0.1) is 12.0 Å². The van der Waals surface area contributed by atoms with Crippen LogP contribution in [0.3, 0.4) is 0 Å². The molecule has 30 heavy (non-hydrogen) atoms. The summed E-state index contributed by atoms with van der Waals surface area (Å²) in [6.45, 7) is 7.65. The average Bonchev–Trinajstić information content (AvgIpc) is 3.38. The van der Waals surface area contributed by atoms with Gasteiger partial charge in [0.15, 0.2) is 5.78 Å². The summed E-state index contributed by atoms with van der Waals surface area (Å²) in [5, 5.41) is 0. The van der Waals surface area contributed by atoms with Gasteiger partial charge in [-0.3, -0.25) is 9.59 Å². The summed E-state index contributed by atoms with van der Waals surface area (Å²) in [5.74, 6) is 2.37. The molecule has 4 unspecified atom stereocenters. The smallest absolute Gasteiger partial charge is 0.226 e. The largest absolute Gasteiger partial charge is 0.486 e. The number of carbonyl (C=O) groups is 2. The summed E-state index contributed by atoms with van der Waals surface area (Å²) in [4.78, 5) is 30.6. The summed E-state index contributed by atoms with van der Waals surface area (Å²) >= 11 is 0. The van der Waals surface area contributed by atoms with E-state index in [4.69, 9.17) is 4.74 Å². The van der Waals surface area contributed by atoms with E-state index in [0.29, 0.717) is 35.6 Å². The number of benzene rings is 1. The zero-order valence-corrected chi connectivity index (χ0v) is 18.5. The number of piperidine rings is 1. The molecule has 2 heterocycles. The predicted molar refractivity (Wildman–Crippen MR) is 116 cm³/mol. The van der Waals surface area contributed by atoms with Gasteiger partial charge in [-0.15, -0.1) is 0 Å². The van der Waals surface area contributed by atoms with Crippen molar-refractivity contribution in [3.8, 4) is 5.75 Å². The second-order valence-corrected chi connectivity index (χ2v) is 10.3. The van der Waals surface area contributed by atoms with Crippen molar-refractivity contribution < 1.29 is 14.3 Å². The van der Waals surface area contributed by atoms with Gasteiger partial charge in [0.25, 0.3) is 0 Å². The Morgan fingerprint density at radius 1 is 1.23 bits per heavy atom. The Bertz CT molecular complexity index is 845. The normalized spacial score (nSPS) is 33.3. The highest BCUT2D eigenvalue weighted by atomic mass is 16.5. The number of hydrogen-bond donors (Lipinski definition) is 0. The lowest BCUT2D eigenvalue weighted by atomic mass is 9.84. The Morgan fingerprint density at radius 3 is 2.70 bits per heavy atom. The quantitative estimate of drug-likeness (QED) is 0.761. The molecule has 1 aromatic rings. The number of hydrogen-bond acceptors (Lipinski definition) is 4. The summed E-state index contributed by atoms with van der Waals surface area (Å²) in [6, 6.07) is 8.17. The van der Waals surface area contributed by atoms with E-state index < -0.39 is 5.60 Å². The molecule has 2 saturated carbocycles. The standard InChI is InChI=1S/C25H34N2O3/c1-16(2)27-12-9-17(10-13-27)15-26(3)24(29)22-19-8-11-25(23(19)22)14-20(28)18-6-4-5-7-21(18)30-25/h4-7,16-17,19,22-23H,8-15H2,1-3H3. The van der Waals surface area contributed by atoms with Gasteiger partial charge < -0.3 is 14.5 Å². The van der Waals surface area contributed by atoms with Gasteiger partial charge in [-0.25, -0.2) is 0 Å². The maximum Gasteiger partial charge on any atom is 0.226 e. The lowest BCUT2D eigenvalue weighted by Crippen LogP contribution is -2.45. The molecule has 2 aliphatic carbocycles. The van der Waals surface area contributed by atoms with Gasteiger partial charge in [-0.2, -0.15) is 0 Å². The van der Waals surface area contributed by atoms with Crippen LogP contribution in [0.4, 0.5) is 0 Å². The van der Waals surface area contributed by atoms with E-state index in [9.17, 15) is 9.59 Å². The molecule has 2 aliphatic heterocycles. The van der Waals surface area contributed by atoms with E-state index >= 15 is 0 Å². The van der Waals surface area contributed by atoms with Crippen LogP contribution in [0.1, 0.15) is 56.3 Å². The maximum atomic E-state index is 13.3. The molecule has 1 aromatic carbocycles. The Hall–Kier alpha value is -1.88. The van der Waals surface area contributed by atoms with Crippen molar-refractivity contribution in [1.29, 1.82) is 0 Å². The van der Waals surface area contributed by atoms with Crippen LogP contribution in [0.25, 0.3) is 0 Å². The topological polar surface area (TPSA) is 49.9 Å². The number of ether oxygens (including phenoxy) is 1. The molecule has 4 atom stereocenters. The van der Waals surface area contributed by atoms with Gasteiger partial charge in [-0.05, 0) is 76.6 Å². The Balaban J connectivity index is 1.22. The molecule has 1 saturated heterocycles. The van der Waals surface area contributed by atoms with Crippen molar-refractivity contribution in [2.75, 3.05) is 26.7 Å². The lowest BCUT2D eigenvalue weighted by Gasteiger charge is -2.38. The van der Waals surface area contributed by atoms with Crippen molar-refractivity contribution >= 4 is 11.7 Å². The molecular weight excluding hydrogens is 376 g/mol. The van der Waals surface area contributed by atoms with Crippen molar-refractivity contribution in [3.05, 3.63) is 29.8 Å². The number of nitrogens with zero attached hydrogens (tertiary/aromatic N) is 2. The summed E-state index contributed by atoms with van der Waals surface area (Å²) in [6.07, 6.45) is 4.66. The SMILES string of the molecule is CC(C)N1CCC(CN(C)C(=O)C2C3CCC4(CC(=O)c5ccccc5O4)C32)CC1. The minimum Gasteiger partial charge on any atom is -0.486 e. The molecule has 5 rings (SSSR count). The lowest BCUT2D eigenvalue weighted by molar-refractivity contribution is -0.134. The molecular formula is C25H34N2O3.